The molecule has 1 aliphatic rings. The molecule has 2 nitrogen and oxygen atoms in total. The van der Waals surface area contributed by atoms with E-state index in [0.29, 0.717) is 12.6 Å². The Kier molecular flexibility index (Phi) is 5.84. The van der Waals surface area contributed by atoms with Crippen molar-refractivity contribution < 1.29 is 4.79 Å². The second-order valence-electron chi connectivity index (χ2n) is 5.50. The molecule has 0 radical (unpaired) electrons. The highest BCUT2D eigenvalue weighted by Crippen LogP contribution is 2.25. The molecule has 108 valence electrons. The van der Waals surface area contributed by atoms with Crippen molar-refractivity contribution in [3.8, 4) is 0 Å². The molecule has 0 heterocycles. The molecular formula is C17H22BrNO. The van der Waals surface area contributed by atoms with Gasteiger partial charge in [0, 0.05) is 18.2 Å². The van der Waals surface area contributed by atoms with Crippen LogP contribution in [0.1, 0.15) is 44.6 Å². The summed E-state index contributed by atoms with van der Waals surface area (Å²) in [5.41, 5.74) is 1.97. The van der Waals surface area contributed by atoms with E-state index in [1.807, 2.05) is 25.1 Å². The molecule has 0 saturated heterocycles. The second kappa shape index (κ2) is 7.63. The highest BCUT2D eigenvalue weighted by molar-refractivity contribution is 9.11. The highest BCUT2D eigenvalue weighted by Gasteiger charge is 2.26. The van der Waals surface area contributed by atoms with Crippen LogP contribution in [0, 0.1) is 0 Å². The summed E-state index contributed by atoms with van der Waals surface area (Å²) < 4.78 is 0. The third-order valence-corrected chi connectivity index (χ3v) is 4.66. The van der Waals surface area contributed by atoms with Crippen molar-refractivity contribution in [1.29, 1.82) is 0 Å². The van der Waals surface area contributed by atoms with E-state index in [-0.39, 0.29) is 5.91 Å². The molecule has 2 rings (SSSR count). The Hall–Kier alpha value is -1.09. The Balaban J connectivity index is 2.17. The molecule has 0 unspecified atom stereocenters. The van der Waals surface area contributed by atoms with Gasteiger partial charge in [0.2, 0.25) is 0 Å². The minimum Gasteiger partial charge on any atom is -0.332 e. The number of hydrogen-bond donors (Lipinski definition) is 0. The highest BCUT2D eigenvalue weighted by atomic mass is 79.9. The zero-order valence-electron chi connectivity index (χ0n) is 12.0. The van der Waals surface area contributed by atoms with Gasteiger partial charge in [-0.2, -0.15) is 0 Å². The van der Waals surface area contributed by atoms with Gasteiger partial charge in [0.15, 0.2) is 0 Å². The molecule has 1 aromatic carbocycles. The van der Waals surface area contributed by atoms with Crippen LogP contribution in [0.15, 0.2) is 40.9 Å². The number of carbonyl (C=O) groups excluding carboxylic acids is 1. The average Bonchev–Trinajstić information content (AvgIpc) is 2.53. The van der Waals surface area contributed by atoms with Crippen LogP contribution >= 0.6 is 15.9 Å². The summed E-state index contributed by atoms with van der Waals surface area (Å²) >= 11 is 3.28. The maximum atomic E-state index is 12.6. The molecule has 3 heteroatoms. The van der Waals surface area contributed by atoms with E-state index in [0.717, 1.165) is 18.4 Å². The summed E-state index contributed by atoms with van der Waals surface area (Å²) in [6.45, 7) is 2.58. The lowest BCUT2D eigenvalue weighted by molar-refractivity contribution is -0.130. The van der Waals surface area contributed by atoms with Gasteiger partial charge in [-0.05, 0) is 30.3 Å². The van der Waals surface area contributed by atoms with Crippen molar-refractivity contribution in [2.75, 3.05) is 0 Å². The third-order valence-electron chi connectivity index (χ3n) is 3.97. The minimum absolute atomic E-state index is 0.151. The van der Waals surface area contributed by atoms with Crippen LogP contribution in [-0.4, -0.2) is 16.8 Å². The minimum atomic E-state index is 0.151. The summed E-state index contributed by atoms with van der Waals surface area (Å²) in [6.07, 6.45) is 6.04. The van der Waals surface area contributed by atoms with Crippen LogP contribution < -0.4 is 0 Å². The summed E-state index contributed by atoms with van der Waals surface area (Å²) in [4.78, 5) is 16.4. The molecular weight excluding hydrogens is 314 g/mol. The van der Waals surface area contributed by atoms with Crippen molar-refractivity contribution in [2.45, 2.75) is 51.6 Å². The van der Waals surface area contributed by atoms with E-state index in [4.69, 9.17) is 0 Å². The predicted molar refractivity (Wildman–Crippen MR) is 86.5 cm³/mol. The van der Waals surface area contributed by atoms with Crippen LogP contribution in [0.3, 0.4) is 0 Å². The van der Waals surface area contributed by atoms with E-state index in [9.17, 15) is 4.79 Å². The molecule has 0 aromatic heterocycles. The van der Waals surface area contributed by atoms with E-state index in [1.165, 1.54) is 24.8 Å². The van der Waals surface area contributed by atoms with Gasteiger partial charge in [0.05, 0.1) is 0 Å². The maximum absolute atomic E-state index is 12.6. The summed E-state index contributed by atoms with van der Waals surface area (Å²) in [6, 6.07) is 10.7. The normalized spacial score (nSPS) is 17.0. The van der Waals surface area contributed by atoms with E-state index < -0.39 is 0 Å². The van der Waals surface area contributed by atoms with Crippen LogP contribution in [0.25, 0.3) is 0 Å². The zero-order chi connectivity index (χ0) is 14.4. The Bertz CT molecular complexity index is 463. The van der Waals surface area contributed by atoms with E-state index in [2.05, 4.69) is 33.0 Å². The lowest BCUT2D eigenvalue weighted by Crippen LogP contribution is -2.41. The molecule has 1 aliphatic carbocycles. The molecule has 0 atom stereocenters. The van der Waals surface area contributed by atoms with Gasteiger partial charge in [-0.3, -0.25) is 4.79 Å². The van der Waals surface area contributed by atoms with Gasteiger partial charge in [0.1, 0.15) is 0 Å². The molecule has 20 heavy (non-hydrogen) atoms. The van der Waals surface area contributed by atoms with Gasteiger partial charge >= 0.3 is 0 Å². The first-order chi connectivity index (χ1) is 9.72. The van der Waals surface area contributed by atoms with Gasteiger partial charge < -0.3 is 4.90 Å². The van der Waals surface area contributed by atoms with Crippen LogP contribution in [0.5, 0.6) is 0 Å². The molecule has 1 saturated carbocycles. The number of hydrogen-bond acceptors (Lipinski definition) is 1. The van der Waals surface area contributed by atoms with Gasteiger partial charge in [0.25, 0.3) is 5.91 Å². The van der Waals surface area contributed by atoms with Crippen molar-refractivity contribution >= 4 is 21.8 Å². The fourth-order valence-electron chi connectivity index (χ4n) is 2.81. The van der Waals surface area contributed by atoms with Crippen molar-refractivity contribution in [3.05, 3.63) is 46.5 Å². The molecule has 1 aromatic rings. The maximum Gasteiger partial charge on any atom is 0.250 e. The summed E-state index contributed by atoms with van der Waals surface area (Å²) in [5.74, 6) is 0.151. The smallest absolute Gasteiger partial charge is 0.250 e. The van der Waals surface area contributed by atoms with Gasteiger partial charge in [-0.15, -0.1) is 0 Å². The molecule has 0 aliphatic heterocycles. The molecule has 1 amide bonds. The fraction of sp³-hybridized carbons (Fsp3) is 0.471. The molecule has 1 fully saturated rings. The first-order valence-electron chi connectivity index (χ1n) is 7.34. The topological polar surface area (TPSA) is 20.3 Å². The number of rotatable bonds is 4. The number of halogens is 1. The summed E-state index contributed by atoms with van der Waals surface area (Å²) in [5, 5.41) is 0. The largest absolute Gasteiger partial charge is 0.332 e. The first kappa shape index (κ1) is 15.3. The molecule has 0 bridgehead atoms. The molecule has 0 spiro atoms. The summed E-state index contributed by atoms with van der Waals surface area (Å²) in [7, 11) is 0. The van der Waals surface area contributed by atoms with E-state index >= 15 is 0 Å². The fourth-order valence-corrected chi connectivity index (χ4v) is 3.01. The standard InChI is InChI=1S/C17H22BrNO/c1-14(12-18)17(20)19(16-10-6-3-7-11-16)13-15-8-4-2-5-9-15/h2,4-5,8-9,12,16H,3,6-7,10-11,13H2,1H3. The lowest BCUT2D eigenvalue weighted by atomic mass is 9.93. The SMILES string of the molecule is CC(=CBr)C(=O)N(Cc1ccccc1)C1CCCCC1. The van der Waals surface area contributed by atoms with Crippen molar-refractivity contribution in [3.63, 3.8) is 0 Å². The third kappa shape index (κ3) is 3.95. The number of benzene rings is 1. The van der Waals surface area contributed by atoms with Gasteiger partial charge in [-0.25, -0.2) is 0 Å². The predicted octanol–water partition coefficient (Wildman–Crippen LogP) is 4.65. The van der Waals surface area contributed by atoms with Crippen molar-refractivity contribution in [1.82, 2.24) is 4.90 Å². The average molecular weight is 336 g/mol. The van der Waals surface area contributed by atoms with Crippen LogP contribution in [-0.2, 0) is 11.3 Å². The van der Waals surface area contributed by atoms with Gasteiger partial charge in [-0.1, -0.05) is 65.5 Å². The van der Waals surface area contributed by atoms with E-state index in [1.54, 1.807) is 4.99 Å². The lowest BCUT2D eigenvalue weighted by Gasteiger charge is -2.34. The second-order valence-corrected chi connectivity index (χ2v) is 5.96. The Labute approximate surface area is 130 Å². The number of amides is 1. The molecule has 0 N–H and O–H groups in total. The Morgan fingerprint density at radius 2 is 1.90 bits per heavy atom. The zero-order valence-corrected chi connectivity index (χ0v) is 13.6. The Morgan fingerprint density at radius 1 is 1.25 bits per heavy atom. The first-order valence-corrected chi connectivity index (χ1v) is 8.26. The quantitative estimate of drug-likeness (QED) is 0.733. The number of carbonyl (C=O) groups is 1. The number of nitrogens with zero attached hydrogens (tertiary/aromatic N) is 1. The van der Waals surface area contributed by atoms with Crippen LogP contribution in [0.2, 0.25) is 0 Å². The van der Waals surface area contributed by atoms with Crippen molar-refractivity contribution in [2.24, 2.45) is 0 Å². The van der Waals surface area contributed by atoms with Crippen LogP contribution in [0.4, 0.5) is 0 Å². The Morgan fingerprint density at radius 3 is 2.50 bits per heavy atom. The monoisotopic (exact) mass is 335 g/mol.